The van der Waals surface area contributed by atoms with E-state index in [1.54, 1.807) is 30.1 Å². The summed E-state index contributed by atoms with van der Waals surface area (Å²) in [5.74, 6) is 0.344. The summed E-state index contributed by atoms with van der Waals surface area (Å²) in [5, 5.41) is 2.65. The molecule has 128 valence electrons. The van der Waals surface area contributed by atoms with Gasteiger partial charge in [-0.15, -0.1) is 0 Å². The zero-order chi connectivity index (χ0) is 18.1. The molecule has 0 fully saturated rings. The quantitative estimate of drug-likeness (QED) is 0.620. The van der Waals surface area contributed by atoms with Gasteiger partial charge in [0.1, 0.15) is 5.82 Å². The van der Waals surface area contributed by atoms with Crippen LogP contribution in [0.1, 0.15) is 16.2 Å². The van der Waals surface area contributed by atoms with Gasteiger partial charge in [-0.1, -0.05) is 42.5 Å². The fraction of sp³-hybridized carbons (Fsp3) is 0.0952. The molecular weight excluding hydrogens is 326 g/mol. The summed E-state index contributed by atoms with van der Waals surface area (Å²) in [6.45, 7) is 0.228. The molecule has 3 aromatic carbocycles. The number of aromatic amines is 1. The minimum Gasteiger partial charge on any atom is -0.334 e. The zero-order valence-electron chi connectivity index (χ0n) is 14.3. The number of benzene rings is 3. The average molecular weight is 343 g/mol. The highest BCUT2D eigenvalue weighted by molar-refractivity contribution is 5.98. The number of carbonyl (C=O) groups is 1. The summed E-state index contributed by atoms with van der Waals surface area (Å²) in [5.41, 5.74) is 1.03. The number of aromatic nitrogens is 2. The molecule has 5 heteroatoms. The van der Waals surface area contributed by atoms with Crippen molar-refractivity contribution in [1.29, 1.82) is 0 Å². The predicted molar refractivity (Wildman–Crippen MR) is 102 cm³/mol. The van der Waals surface area contributed by atoms with E-state index < -0.39 is 0 Å². The molecule has 0 atom stereocenters. The molecule has 4 rings (SSSR count). The molecule has 0 saturated carbocycles. The van der Waals surface area contributed by atoms with Crippen molar-refractivity contribution in [3.63, 3.8) is 0 Å². The van der Waals surface area contributed by atoms with Gasteiger partial charge < -0.3 is 9.88 Å². The van der Waals surface area contributed by atoms with E-state index in [0.29, 0.717) is 22.3 Å². The molecule has 1 aromatic heterocycles. The zero-order valence-corrected chi connectivity index (χ0v) is 14.3. The normalized spacial score (nSPS) is 11.0. The number of para-hydroxylation sites is 1. The number of rotatable bonds is 3. The van der Waals surface area contributed by atoms with Gasteiger partial charge in [-0.25, -0.2) is 4.98 Å². The molecular formula is C21H17N3O2. The van der Waals surface area contributed by atoms with Gasteiger partial charge >= 0.3 is 0 Å². The van der Waals surface area contributed by atoms with Crippen LogP contribution in [0.25, 0.3) is 21.7 Å². The van der Waals surface area contributed by atoms with Crippen molar-refractivity contribution < 1.29 is 4.79 Å². The lowest BCUT2D eigenvalue weighted by molar-refractivity contribution is 0.0781. The van der Waals surface area contributed by atoms with Crippen LogP contribution in [0.5, 0.6) is 0 Å². The van der Waals surface area contributed by atoms with Crippen LogP contribution in [0.4, 0.5) is 0 Å². The van der Waals surface area contributed by atoms with E-state index in [1.165, 1.54) is 0 Å². The van der Waals surface area contributed by atoms with Crippen LogP contribution in [-0.4, -0.2) is 27.8 Å². The first-order valence-corrected chi connectivity index (χ1v) is 8.34. The Kier molecular flexibility index (Phi) is 3.97. The Hall–Kier alpha value is -3.47. The lowest BCUT2D eigenvalue weighted by Gasteiger charge is -2.17. The summed E-state index contributed by atoms with van der Waals surface area (Å²) in [4.78, 5) is 33.7. The Labute approximate surface area is 149 Å². The van der Waals surface area contributed by atoms with Gasteiger partial charge in [0.05, 0.1) is 17.4 Å². The molecule has 1 heterocycles. The van der Waals surface area contributed by atoms with Crippen molar-refractivity contribution in [1.82, 2.24) is 14.9 Å². The van der Waals surface area contributed by atoms with Crippen molar-refractivity contribution in [2.75, 3.05) is 7.05 Å². The second-order valence-corrected chi connectivity index (χ2v) is 6.25. The van der Waals surface area contributed by atoms with Crippen LogP contribution < -0.4 is 5.56 Å². The van der Waals surface area contributed by atoms with Crippen LogP contribution in [0.3, 0.4) is 0 Å². The molecule has 0 bridgehead atoms. The van der Waals surface area contributed by atoms with Gasteiger partial charge in [-0.2, -0.15) is 0 Å². The first kappa shape index (κ1) is 16.0. The van der Waals surface area contributed by atoms with Crippen LogP contribution in [0, 0.1) is 0 Å². The van der Waals surface area contributed by atoms with E-state index in [0.717, 1.165) is 10.8 Å². The Bertz CT molecular complexity index is 1180. The van der Waals surface area contributed by atoms with E-state index >= 15 is 0 Å². The van der Waals surface area contributed by atoms with Crippen molar-refractivity contribution in [3.05, 3.63) is 88.5 Å². The first-order valence-electron chi connectivity index (χ1n) is 8.34. The third-order valence-corrected chi connectivity index (χ3v) is 4.39. The van der Waals surface area contributed by atoms with Gasteiger partial charge in [0.25, 0.3) is 11.5 Å². The molecule has 5 nitrogen and oxygen atoms in total. The number of carbonyl (C=O) groups excluding carboxylic acids is 1. The van der Waals surface area contributed by atoms with Crippen LogP contribution in [-0.2, 0) is 6.54 Å². The second kappa shape index (κ2) is 6.44. The lowest BCUT2D eigenvalue weighted by atomic mass is 10.1. The maximum Gasteiger partial charge on any atom is 0.258 e. The van der Waals surface area contributed by atoms with E-state index in [2.05, 4.69) is 9.97 Å². The van der Waals surface area contributed by atoms with Crippen LogP contribution >= 0.6 is 0 Å². The summed E-state index contributed by atoms with van der Waals surface area (Å²) in [6.07, 6.45) is 0. The minimum atomic E-state index is -0.197. The van der Waals surface area contributed by atoms with Gasteiger partial charge in [0.15, 0.2) is 0 Å². The molecule has 0 spiro atoms. The molecule has 1 amide bonds. The largest absolute Gasteiger partial charge is 0.334 e. The van der Waals surface area contributed by atoms with Crippen LogP contribution in [0.2, 0.25) is 0 Å². The Morgan fingerprint density at radius 3 is 2.58 bits per heavy atom. The summed E-state index contributed by atoms with van der Waals surface area (Å²) in [6, 6.07) is 20.7. The Balaban J connectivity index is 1.61. The minimum absolute atomic E-state index is 0.119. The highest BCUT2D eigenvalue weighted by atomic mass is 16.2. The highest BCUT2D eigenvalue weighted by Gasteiger charge is 2.14. The van der Waals surface area contributed by atoms with E-state index in [-0.39, 0.29) is 18.0 Å². The fourth-order valence-electron chi connectivity index (χ4n) is 3.05. The van der Waals surface area contributed by atoms with Crippen molar-refractivity contribution in [2.24, 2.45) is 0 Å². The number of hydrogen-bond donors (Lipinski definition) is 1. The van der Waals surface area contributed by atoms with Gasteiger partial charge in [-0.05, 0) is 35.0 Å². The standard InChI is InChI=1S/C21H17N3O2/c1-24(13-19-22-18-9-5-4-8-17(18)20(25)23-19)21(26)16-11-10-14-6-2-3-7-15(14)12-16/h2-12H,13H2,1H3,(H,22,23,25). The van der Waals surface area contributed by atoms with Gasteiger partial charge in [0, 0.05) is 12.6 Å². The summed E-state index contributed by atoms with van der Waals surface area (Å²) in [7, 11) is 1.70. The topological polar surface area (TPSA) is 66.1 Å². The molecule has 0 radical (unpaired) electrons. The van der Waals surface area contributed by atoms with Crippen molar-refractivity contribution in [2.45, 2.75) is 6.54 Å². The predicted octanol–water partition coefficient (Wildman–Crippen LogP) is 3.35. The smallest absolute Gasteiger partial charge is 0.258 e. The van der Waals surface area contributed by atoms with E-state index in [4.69, 9.17) is 0 Å². The van der Waals surface area contributed by atoms with Crippen molar-refractivity contribution >= 4 is 27.6 Å². The molecule has 0 unspecified atom stereocenters. The molecule has 4 aromatic rings. The summed E-state index contributed by atoms with van der Waals surface area (Å²) < 4.78 is 0. The first-order chi connectivity index (χ1) is 12.6. The SMILES string of the molecule is CN(Cc1nc2ccccc2c(=O)[nH]1)C(=O)c1ccc2ccccc2c1. The number of hydrogen-bond acceptors (Lipinski definition) is 3. The Morgan fingerprint density at radius 2 is 1.73 bits per heavy atom. The Morgan fingerprint density at radius 1 is 1.00 bits per heavy atom. The third-order valence-electron chi connectivity index (χ3n) is 4.39. The average Bonchev–Trinajstić information content (AvgIpc) is 2.67. The molecule has 26 heavy (non-hydrogen) atoms. The maximum absolute atomic E-state index is 12.7. The molecule has 0 saturated heterocycles. The second-order valence-electron chi connectivity index (χ2n) is 6.25. The highest BCUT2D eigenvalue weighted by Crippen LogP contribution is 2.17. The van der Waals surface area contributed by atoms with Gasteiger partial charge in [-0.3, -0.25) is 9.59 Å². The number of nitrogens with zero attached hydrogens (tertiary/aromatic N) is 2. The van der Waals surface area contributed by atoms with Gasteiger partial charge in [0.2, 0.25) is 0 Å². The number of fused-ring (bicyclic) bond motifs is 2. The number of amides is 1. The molecule has 0 aliphatic rings. The van der Waals surface area contributed by atoms with E-state index in [9.17, 15) is 9.59 Å². The molecule has 1 N–H and O–H groups in total. The molecule has 0 aliphatic heterocycles. The number of H-pyrrole nitrogens is 1. The lowest BCUT2D eigenvalue weighted by Crippen LogP contribution is -2.28. The third kappa shape index (κ3) is 2.95. The monoisotopic (exact) mass is 343 g/mol. The van der Waals surface area contributed by atoms with Crippen LogP contribution in [0.15, 0.2) is 71.5 Å². The van der Waals surface area contributed by atoms with Crippen molar-refractivity contribution in [3.8, 4) is 0 Å². The summed E-state index contributed by atoms with van der Waals surface area (Å²) >= 11 is 0. The maximum atomic E-state index is 12.7. The molecule has 0 aliphatic carbocycles. The number of nitrogens with one attached hydrogen (secondary N) is 1. The van der Waals surface area contributed by atoms with E-state index in [1.807, 2.05) is 48.5 Å². The fourth-order valence-corrected chi connectivity index (χ4v) is 3.05.